The monoisotopic (exact) mass is 701 g/mol. The molecule has 0 spiro atoms. The predicted molar refractivity (Wildman–Crippen MR) is 197 cm³/mol. The molecule has 1 aliphatic carbocycles. The number of hydrogen-bond donors (Lipinski definition) is 1. The van der Waals surface area contributed by atoms with Crippen LogP contribution in [0.1, 0.15) is 95.5 Å². The largest absolute Gasteiger partial charge is 0.459 e. The van der Waals surface area contributed by atoms with E-state index in [-0.39, 0.29) is 16.9 Å². The van der Waals surface area contributed by atoms with E-state index in [1.165, 1.54) is 0 Å². The lowest BCUT2D eigenvalue weighted by Crippen LogP contribution is -2.44. The summed E-state index contributed by atoms with van der Waals surface area (Å²) in [5.74, 6) is -0.604. The highest BCUT2D eigenvalue weighted by atomic mass is 35.5. The van der Waals surface area contributed by atoms with Gasteiger partial charge in [-0.3, -0.25) is 9.59 Å². The predicted octanol–water partition coefficient (Wildman–Crippen LogP) is 8.74. The highest BCUT2D eigenvalue weighted by molar-refractivity contribution is 6.74. The SMILES string of the molecule is CC(=O)N1CCc2c(C)c(Nc3nccc(-c4cc(C#N)c5c(c4)C(C)(CO[Si](C)(C)C(C)(C)C)CC5C(=O)OC(C)(C)C)n3)cc(Cl)c21. The van der Waals surface area contributed by atoms with Crippen molar-refractivity contribution >= 4 is 49.1 Å². The fourth-order valence-corrected chi connectivity index (χ4v) is 8.00. The summed E-state index contributed by atoms with van der Waals surface area (Å²) < 4.78 is 12.7. The summed E-state index contributed by atoms with van der Waals surface area (Å²) in [5.41, 5.74) is 5.70. The van der Waals surface area contributed by atoms with Gasteiger partial charge in [0.25, 0.3) is 0 Å². The normalized spacial score (nSPS) is 18.9. The number of hydrogen-bond acceptors (Lipinski definition) is 8. The lowest BCUT2D eigenvalue weighted by molar-refractivity contribution is -0.157. The number of benzene rings is 2. The van der Waals surface area contributed by atoms with Crippen molar-refractivity contribution < 1.29 is 18.8 Å². The quantitative estimate of drug-likeness (QED) is 0.192. The van der Waals surface area contributed by atoms with Crippen LogP contribution in [0.2, 0.25) is 23.2 Å². The Morgan fingerprint density at radius 1 is 1.18 bits per heavy atom. The Morgan fingerprint density at radius 2 is 1.88 bits per heavy atom. The van der Waals surface area contributed by atoms with Crippen LogP contribution in [-0.2, 0) is 30.6 Å². The number of anilines is 3. The second-order valence-electron chi connectivity index (χ2n) is 16.2. The van der Waals surface area contributed by atoms with Crippen LogP contribution in [0.15, 0.2) is 30.5 Å². The molecule has 260 valence electrons. The minimum absolute atomic E-state index is 0.00755. The van der Waals surface area contributed by atoms with Gasteiger partial charge in [-0.05, 0) is 105 Å². The highest BCUT2D eigenvalue weighted by Gasteiger charge is 2.48. The molecule has 2 heterocycles. The van der Waals surface area contributed by atoms with Gasteiger partial charge in [-0.25, -0.2) is 9.97 Å². The van der Waals surface area contributed by atoms with Crippen molar-refractivity contribution in [3.05, 3.63) is 63.3 Å². The molecule has 0 saturated carbocycles. The van der Waals surface area contributed by atoms with Crippen molar-refractivity contribution in [1.82, 2.24) is 9.97 Å². The van der Waals surface area contributed by atoms with Gasteiger partial charge in [0.1, 0.15) is 5.60 Å². The van der Waals surface area contributed by atoms with Crippen LogP contribution in [0.3, 0.4) is 0 Å². The van der Waals surface area contributed by atoms with Crippen LogP contribution in [-0.4, -0.2) is 48.9 Å². The zero-order chi connectivity index (χ0) is 36.3. The molecule has 9 nitrogen and oxygen atoms in total. The molecule has 1 amide bonds. The van der Waals surface area contributed by atoms with Crippen LogP contribution in [0, 0.1) is 18.3 Å². The molecule has 3 aromatic rings. The molecule has 2 aliphatic rings. The van der Waals surface area contributed by atoms with Gasteiger partial charge in [0.15, 0.2) is 8.32 Å². The van der Waals surface area contributed by atoms with E-state index in [4.69, 9.17) is 25.7 Å². The number of fused-ring (bicyclic) bond motifs is 2. The molecule has 0 fully saturated rings. The topological polar surface area (TPSA) is 117 Å². The minimum Gasteiger partial charge on any atom is -0.459 e. The molecule has 0 saturated heterocycles. The second kappa shape index (κ2) is 12.8. The Labute approximate surface area is 296 Å². The van der Waals surface area contributed by atoms with Crippen molar-refractivity contribution in [2.45, 2.75) is 110 Å². The number of ether oxygens (including phenoxy) is 1. The molecule has 1 aliphatic heterocycles. The van der Waals surface area contributed by atoms with Crippen molar-refractivity contribution in [3.63, 3.8) is 0 Å². The number of carbonyl (C=O) groups excluding carboxylic acids is 2. The first kappa shape index (κ1) is 36.5. The average Bonchev–Trinajstić information content (AvgIpc) is 3.58. The number of nitrogens with one attached hydrogen (secondary N) is 1. The summed E-state index contributed by atoms with van der Waals surface area (Å²) >= 11 is 6.70. The Balaban J connectivity index is 1.55. The van der Waals surface area contributed by atoms with E-state index < -0.39 is 25.3 Å². The first-order valence-electron chi connectivity index (χ1n) is 16.8. The van der Waals surface area contributed by atoms with Crippen LogP contribution in [0.25, 0.3) is 11.3 Å². The number of nitrogens with zero attached hydrogens (tertiary/aromatic N) is 4. The van der Waals surface area contributed by atoms with Crippen molar-refractivity contribution in [3.8, 4) is 17.3 Å². The van der Waals surface area contributed by atoms with Gasteiger partial charge in [-0.1, -0.05) is 39.3 Å². The van der Waals surface area contributed by atoms with Crippen molar-refractivity contribution in [2.75, 3.05) is 23.4 Å². The molecule has 1 N–H and O–H groups in total. The molecule has 49 heavy (non-hydrogen) atoms. The van der Waals surface area contributed by atoms with Crippen molar-refractivity contribution in [2.24, 2.45) is 0 Å². The van der Waals surface area contributed by atoms with Crippen LogP contribution >= 0.6 is 11.6 Å². The van der Waals surface area contributed by atoms with Crippen LogP contribution < -0.4 is 10.2 Å². The summed E-state index contributed by atoms with van der Waals surface area (Å²) in [7, 11) is -2.14. The first-order valence-corrected chi connectivity index (χ1v) is 20.1. The smallest absolute Gasteiger partial charge is 0.314 e. The van der Waals surface area contributed by atoms with Gasteiger partial charge in [-0.15, -0.1) is 0 Å². The fraction of sp³-hybridized carbons (Fsp3) is 0.500. The Hall–Kier alpha value is -3.78. The first-order chi connectivity index (χ1) is 22.7. The third-order valence-electron chi connectivity index (χ3n) is 10.3. The van der Waals surface area contributed by atoms with E-state index in [0.717, 1.165) is 33.6 Å². The number of esters is 1. The standard InChI is InChI=1S/C38H48ClN5O4Si/c1-22-26-13-15-44(23(2)45)33(26)29(39)18-31(22)43-35-41-14-12-30(42-35)24-16-25(20-40)32-27(34(46)48-36(3,4)5)19-38(9,28(32)17-24)21-47-49(10,11)37(6,7)8/h12,14,16-18,27H,13,15,19,21H2,1-11H3,(H,41,42,43). The minimum atomic E-state index is -2.14. The van der Waals surface area contributed by atoms with Gasteiger partial charge in [0.2, 0.25) is 11.9 Å². The van der Waals surface area contributed by atoms with E-state index in [2.05, 4.69) is 63.2 Å². The third kappa shape index (κ3) is 7.12. The molecule has 2 unspecified atom stereocenters. The van der Waals surface area contributed by atoms with Gasteiger partial charge in [-0.2, -0.15) is 5.26 Å². The number of aromatic nitrogens is 2. The van der Waals surface area contributed by atoms with E-state index in [1.807, 2.05) is 33.8 Å². The van der Waals surface area contributed by atoms with Gasteiger partial charge >= 0.3 is 5.97 Å². The van der Waals surface area contributed by atoms with Crippen LogP contribution in [0.4, 0.5) is 17.3 Å². The van der Waals surface area contributed by atoms with E-state index in [9.17, 15) is 14.9 Å². The zero-order valence-electron chi connectivity index (χ0n) is 30.6. The molecule has 5 rings (SSSR count). The average molecular weight is 702 g/mol. The van der Waals surface area contributed by atoms with Gasteiger partial charge < -0.3 is 19.4 Å². The zero-order valence-corrected chi connectivity index (χ0v) is 32.3. The maximum Gasteiger partial charge on any atom is 0.314 e. The Morgan fingerprint density at radius 3 is 2.49 bits per heavy atom. The highest BCUT2D eigenvalue weighted by Crippen LogP contribution is 2.51. The van der Waals surface area contributed by atoms with Crippen LogP contribution in [0.5, 0.6) is 0 Å². The van der Waals surface area contributed by atoms with Gasteiger partial charge in [0.05, 0.1) is 34.0 Å². The maximum absolute atomic E-state index is 13.7. The summed E-state index contributed by atoms with van der Waals surface area (Å²) in [4.78, 5) is 36.9. The van der Waals surface area contributed by atoms with Crippen molar-refractivity contribution in [1.29, 1.82) is 5.26 Å². The molecule has 1 aromatic heterocycles. The summed E-state index contributed by atoms with van der Waals surface area (Å²) in [6.07, 6.45) is 2.86. The van der Waals surface area contributed by atoms with Gasteiger partial charge in [0, 0.05) is 42.9 Å². The molecule has 2 aromatic carbocycles. The molecular weight excluding hydrogens is 654 g/mol. The summed E-state index contributed by atoms with van der Waals surface area (Å²) in [6, 6.07) is 9.85. The Kier molecular flexibility index (Phi) is 9.56. The fourth-order valence-electron chi connectivity index (χ4n) is 6.56. The summed E-state index contributed by atoms with van der Waals surface area (Å²) in [6.45, 7) is 23.3. The maximum atomic E-state index is 13.7. The van der Waals surface area contributed by atoms with E-state index in [0.29, 0.717) is 53.8 Å². The number of amides is 1. The summed E-state index contributed by atoms with van der Waals surface area (Å²) in [5, 5.41) is 14.3. The number of halogens is 1. The van der Waals surface area contributed by atoms with E-state index in [1.54, 1.807) is 30.2 Å². The number of nitriles is 1. The lowest BCUT2D eigenvalue weighted by atomic mass is 9.83. The van der Waals surface area contributed by atoms with E-state index >= 15 is 0 Å². The molecule has 2 atom stereocenters. The second-order valence-corrected chi connectivity index (χ2v) is 21.4. The number of rotatable bonds is 7. The molecule has 11 heteroatoms. The lowest BCUT2D eigenvalue weighted by Gasteiger charge is -2.39. The Bertz CT molecular complexity index is 1870. The third-order valence-corrected chi connectivity index (χ3v) is 15.0. The molecule has 0 radical (unpaired) electrons. The molecule has 0 bridgehead atoms. The number of carbonyl (C=O) groups is 2. The molecular formula is C38H48ClN5O4Si.